The molecule has 2 aliphatic rings. The number of nitrogens with one attached hydrogen (secondary N) is 1. The second-order valence-electron chi connectivity index (χ2n) is 5.95. The molecule has 116 valence electrons. The molecule has 7 heteroatoms. The molecule has 5 nitrogen and oxygen atoms in total. The Bertz CT molecular complexity index is 631. The molecule has 1 saturated heterocycles. The van der Waals surface area contributed by atoms with Gasteiger partial charge in [-0.15, -0.1) is 0 Å². The van der Waals surface area contributed by atoms with Gasteiger partial charge in [0.15, 0.2) is 9.84 Å². The monoisotopic (exact) mass is 313 g/mol. The topological polar surface area (TPSA) is 62.3 Å². The fraction of sp³-hybridized carbons (Fsp3) is 0.643. The van der Waals surface area contributed by atoms with Crippen molar-refractivity contribution in [2.24, 2.45) is 0 Å². The zero-order chi connectivity index (χ0) is 15.0. The fourth-order valence-corrected chi connectivity index (χ4v) is 4.27. The van der Waals surface area contributed by atoms with Gasteiger partial charge in [0.05, 0.1) is 17.7 Å². The van der Waals surface area contributed by atoms with E-state index in [-0.39, 0.29) is 23.4 Å². The molecule has 1 saturated carbocycles. The van der Waals surface area contributed by atoms with E-state index in [9.17, 15) is 12.8 Å². The van der Waals surface area contributed by atoms with Gasteiger partial charge in [-0.25, -0.2) is 17.8 Å². The maximum Gasteiger partial charge on any atom is 0.154 e. The van der Waals surface area contributed by atoms with Crippen LogP contribution in [0.1, 0.15) is 25.3 Å². The van der Waals surface area contributed by atoms with E-state index < -0.39 is 9.84 Å². The summed E-state index contributed by atoms with van der Waals surface area (Å²) in [5.74, 6) is 0.601. The minimum atomic E-state index is -2.97. The summed E-state index contributed by atoms with van der Waals surface area (Å²) in [4.78, 5) is 6.19. The molecule has 0 aromatic carbocycles. The molecular weight excluding hydrogens is 293 g/mol. The highest BCUT2D eigenvalue weighted by Gasteiger charge is 2.30. The summed E-state index contributed by atoms with van der Waals surface area (Å²) in [6.45, 7) is 2.86. The van der Waals surface area contributed by atoms with Gasteiger partial charge < -0.3 is 10.2 Å². The number of anilines is 1. The van der Waals surface area contributed by atoms with Crippen molar-refractivity contribution in [1.82, 2.24) is 10.3 Å². The van der Waals surface area contributed by atoms with Gasteiger partial charge in [-0.3, -0.25) is 0 Å². The zero-order valence-electron chi connectivity index (χ0n) is 12.0. The second kappa shape index (κ2) is 5.53. The van der Waals surface area contributed by atoms with Crippen molar-refractivity contribution in [3.63, 3.8) is 0 Å². The molecule has 1 aromatic heterocycles. The van der Waals surface area contributed by atoms with Gasteiger partial charge in [0.2, 0.25) is 0 Å². The molecule has 0 radical (unpaired) electrons. The Morgan fingerprint density at radius 2 is 2.24 bits per heavy atom. The minimum absolute atomic E-state index is 0.127. The maximum atomic E-state index is 13.5. The highest BCUT2D eigenvalue weighted by Crippen LogP contribution is 2.26. The van der Waals surface area contributed by atoms with Crippen molar-refractivity contribution in [3.8, 4) is 0 Å². The first kappa shape index (κ1) is 14.7. The van der Waals surface area contributed by atoms with Crippen LogP contribution in [-0.4, -0.2) is 43.5 Å². The first-order valence-corrected chi connectivity index (χ1v) is 9.11. The third-order valence-electron chi connectivity index (χ3n) is 4.01. The lowest BCUT2D eigenvalue weighted by Crippen LogP contribution is -2.47. The van der Waals surface area contributed by atoms with Crippen molar-refractivity contribution in [1.29, 1.82) is 0 Å². The van der Waals surface area contributed by atoms with Crippen molar-refractivity contribution >= 4 is 15.7 Å². The standard InChI is InChI=1S/C14H20FN3O2S/c1-10-9-21(19,20)5-4-18(10)14-11(6-12(15)8-17-14)7-16-13-2-3-13/h6,8,10,13,16H,2-5,7,9H2,1H3. The SMILES string of the molecule is CC1CS(=O)(=O)CCN1c1ncc(F)cc1CNC1CC1. The van der Waals surface area contributed by atoms with Crippen LogP contribution >= 0.6 is 0 Å². The van der Waals surface area contributed by atoms with Crippen LogP contribution in [0.4, 0.5) is 10.2 Å². The number of hydrogen-bond donors (Lipinski definition) is 1. The average Bonchev–Trinajstić information content (AvgIpc) is 3.21. The highest BCUT2D eigenvalue weighted by molar-refractivity contribution is 7.91. The Hall–Kier alpha value is -1.21. The molecule has 1 unspecified atom stereocenters. The van der Waals surface area contributed by atoms with Crippen molar-refractivity contribution in [2.75, 3.05) is 23.0 Å². The minimum Gasteiger partial charge on any atom is -0.352 e. The van der Waals surface area contributed by atoms with Gasteiger partial charge in [-0.1, -0.05) is 0 Å². The lowest BCUT2D eigenvalue weighted by Gasteiger charge is -2.35. The number of nitrogens with zero attached hydrogens (tertiary/aromatic N) is 2. The van der Waals surface area contributed by atoms with Gasteiger partial charge in [-0.05, 0) is 25.8 Å². The third kappa shape index (κ3) is 3.52. The number of rotatable bonds is 4. The van der Waals surface area contributed by atoms with Crippen molar-refractivity contribution < 1.29 is 12.8 Å². The van der Waals surface area contributed by atoms with Crippen LogP contribution in [0.15, 0.2) is 12.3 Å². The number of halogens is 1. The number of sulfone groups is 1. The van der Waals surface area contributed by atoms with E-state index in [1.807, 2.05) is 11.8 Å². The lowest BCUT2D eigenvalue weighted by atomic mass is 10.2. The summed E-state index contributed by atoms with van der Waals surface area (Å²) in [5, 5.41) is 3.36. The molecule has 2 heterocycles. The molecule has 0 spiro atoms. The van der Waals surface area contributed by atoms with Crippen molar-refractivity contribution in [3.05, 3.63) is 23.6 Å². The molecule has 1 atom stereocenters. The van der Waals surface area contributed by atoms with E-state index in [1.54, 1.807) is 0 Å². The van der Waals surface area contributed by atoms with Crippen LogP contribution < -0.4 is 10.2 Å². The lowest BCUT2D eigenvalue weighted by molar-refractivity contribution is 0.563. The summed E-state index contributed by atoms with van der Waals surface area (Å²) in [6, 6.07) is 1.88. The van der Waals surface area contributed by atoms with Gasteiger partial charge in [0.25, 0.3) is 0 Å². The predicted octanol–water partition coefficient (Wildman–Crippen LogP) is 1.10. The van der Waals surface area contributed by atoms with Crippen LogP contribution in [0.25, 0.3) is 0 Å². The first-order chi connectivity index (χ1) is 9.94. The van der Waals surface area contributed by atoms with E-state index in [1.165, 1.54) is 12.3 Å². The zero-order valence-corrected chi connectivity index (χ0v) is 12.9. The van der Waals surface area contributed by atoms with E-state index in [0.29, 0.717) is 24.9 Å². The maximum absolute atomic E-state index is 13.5. The largest absolute Gasteiger partial charge is 0.352 e. The number of pyridine rings is 1. The molecule has 3 rings (SSSR count). The van der Waals surface area contributed by atoms with E-state index in [0.717, 1.165) is 18.4 Å². The third-order valence-corrected chi connectivity index (χ3v) is 5.81. The second-order valence-corrected chi connectivity index (χ2v) is 8.18. The van der Waals surface area contributed by atoms with E-state index >= 15 is 0 Å². The normalized spacial score (nSPS) is 25.0. The Morgan fingerprint density at radius 3 is 2.90 bits per heavy atom. The number of aromatic nitrogens is 1. The highest BCUT2D eigenvalue weighted by atomic mass is 32.2. The summed E-state index contributed by atoms with van der Waals surface area (Å²) in [6.07, 6.45) is 3.53. The van der Waals surface area contributed by atoms with Crippen molar-refractivity contribution in [2.45, 2.75) is 38.4 Å². The number of hydrogen-bond acceptors (Lipinski definition) is 5. The molecule has 1 aromatic rings. The Morgan fingerprint density at radius 1 is 1.48 bits per heavy atom. The van der Waals surface area contributed by atoms with Crippen LogP contribution in [0.5, 0.6) is 0 Å². The summed E-state index contributed by atoms with van der Waals surface area (Å²) in [5.41, 5.74) is 0.799. The Kier molecular flexibility index (Phi) is 3.88. The van der Waals surface area contributed by atoms with Crippen LogP contribution in [0.2, 0.25) is 0 Å². The molecule has 1 N–H and O–H groups in total. The smallest absolute Gasteiger partial charge is 0.154 e. The van der Waals surface area contributed by atoms with E-state index in [2.05, 4.69) is 10.3 Å². The molecule has 1 aliphatic heterocycles. The average molecular weight is 313 g/mol. The summed E-state index contributed by atoms with van der Waals surface area (Å²) < 4.78 is 36.8. The Labute approximate surface area is 124 Å². The molecule has 21 heavy (non-hydrogen) atoms. The van der Waals surface area contributed by atoms with Crippen LogP contribution in [0, 0.1) is 5.82 Å². The molecule has 1 aliphatic carbocycles. The van der Waals surface area contributed by atoms with Crippen LogP contribution in [-0.2, 0) is 16.4 Å². The first-order valence-electron chi connectivity index (χ1n) is 7.29. The molecule has 0 amide bonds. The Balaban J connectivity index is 1.82. The molecule has 0 bridgehead atoms. The van der Waals surface area contributed by atoms with Gasteiger partial charge >= 0.3 is 0 Å². The molecule has 2 fully saturated rings. The molecular formula is C14H20FN3O2S. The van der Waals surface area contributed by atoms with Gasteiger partial charge in [0.1, 0.15) is 11.6 Å². The summed E-state index contributed by atoms with van der Waals surface area (Å²) in [7, 11) is -2.97. The van der Waals surface area contributed by atoms with E-state index in [4.69, 9.17) is 0 Å². The summed E-state index contributed by atoms with van der Waals surface area (Å²) >= 11 is 0. The fourth-order valence-electron chi connectivity index (χ4n) is 2.72. The predicted molar refractivity (Wildman–Crippen MR) is 79.5 cm³/mol. The quantitative estimate of drug-likeness (QED) is 0.902. The van der Waals surface area contributed by atoms with Gasteiger partial charge in [-0.2, -0.15) is 0 Å². The van der Waals surface area contributed by atoms with Gasteiger partial charge in [0, 0.05) is 30.7 Å². The van der Waals surface area contributed by atoms with Crippen LogP contribution in [0.3, 0.4) is 0 Å².